The summed E-state index contributed by atoms with van der Waals surface area (Å²) in [5, 5.41) is 12.8. The third-order valence-electron chi connectivity index (χ3n) is 11.5. The largest absolute Gasteiger partial charge is 0.383 e. The van der Waals surface area contributed by atoms with Crippen molar-refractivity contribution in [3.63, 3.8) is 0 Å². The summed E-state index contributed by atoms with van der Waals surface area (Å²) in [6.45, 7) is 6.29. The predicted octanol–water partition coefficient (Wildman–Crippen LogP) is 7.13. The van der Waals surface area contributed by atoms with Crippen LogP contribution in [-0.4, -0.2) is 77.0 Å². The molecule has 1 aliphatic carbocycles. The molecule has 4 atom stereocenters. The molecule has 4 N–H and O–H groups in total. The van der Waals surface area contributed by atoms with Crippen LogP contribution in [-0.2, 0) is 56.6 Å². The van der Waals surface area contributed by atoms with Gasteiger partial charge in [0.25, 0.3) is 0 Å². The Bertz CT molecular complexity index is 2100. The van der Waals surface area contributed by atoms with Crippen molar-refractivity contribution in [2.45, 2.75) is 123 Å². The zero-order valence-electron chi connectivity index (χ0n) is 36.4. The summed E-state index contributed by atoms with van der Waals surface area (Å²) in [5.74, 6) is -1.04. The number of ether oxygens (including phenoxy) is 2. The van der Waals surface area contributed by atoms with Gasteiger partial charge in [0.2, 0.25) is 17.7 Å². The number of aromatic amines is 1. The maximum absolute atomic E-state index is 15.8. The summed E-state index contributed by atoms with van der Waals surface area (Å²) in [4.78, 5) is 59.5. The van der Waals surface area contributed by atoms with E-state index in [1.54, 1.807) is 28.1 Å². The number of carbonyl (C=O) groups excluding carboxylic acids is 3. The Morgan fingerprint density at radius 1 is 0.855 bits per heavy atom. The van der Waals surface area contributed by atoms with Crippen molar-refractivity contribution in [1.82, 2.24) is 29.3 Å². The van der Waals surface area contributed by atoms with Gasteiger partial charge in [-0.15, -0.1) is 0 Å². The SMILES string of the molecule is CC(C)(C)CC(=O)N([C@@H](Cc1ccccc1)C(=O)N(COCc1ccccc1)[C@@H](Cc1cnc[nH]1)C(N)=O)[C@@H](CC1CCCCC1)[C@@H](O)c1nccn1COCc1ccccc1. The number of hydrogen-bond acceptors (Lipinski definition) is 8. The van der Waals surface area contributed by atoms with E-state index in [0.717, 1.165) is 48.8 Å². The van der Waals surface area contributed by atoms with E-state index in [1.165, 1.54) is 11.2 Å². The van der Waals surface area contributed by atoms with E-state index in [0.29, 0.717) is 24.5 Å². The van der Waals surface area contributed by atoms with E-state index < -0.39 is 41.5 Å². The summed E-state index contributed by atoms with van der Waals surface area (Å²) in [7, 11) is 0. The summed E-state index contributed by atoms with van der Waals surface area (Å²) in [6, 6.07) is 25.7. The van der Waals surface area contributed by atoms with E-state index >= 15 is 9.59 Å². The standard InChI is InChI=1S/C49H63N7O6/c1-49(2,3)29-44(57)56(41(26-36-16-8-4-9-17-36)45(58)47-52-24-25-54(47)34-61-31-38-20-12-6-13-21-38)43(27-37-18-10-5-11-19-37)48(60)55(35-62-32-39-22-14-7-15-23-39)42(46(50)59)28-40-30-51-33-53-40/h5-7,10-15,18-25,30,33,36,41-43,45,58H,4,8-9,16-17,26-29,31-32,34-35H2,1-3H3,(H2,50,59)(H,51,53)/t41-,42-,43-,45+/m0/s1. The fourth-order valence-corrected chi connectivity index (χ4v) is 8.44. The number of carbonyl (C=O) groups is 3. The number of aliphatic hydroxyl groups excluding tert-OH is 1. The van der Waals surface area contributed by atoms with Gasteiger partial charge in [-0.25, -0.2) is 9.97 Å². The Hall–Kier alpha value is -5.63. The number of nitrogens with one attached hydrogen (secondary N) is 1. The van der Waals surface area contributed by atoms with Crippen molar-refractivity contribution in [1.29, 1.82) is 0 Å². The highest BCUT2D eigenvalue weighted by Crippen LogP contribution is 2.36. The zero-order chi connectivity index (χ0) is 43.9. The van der Waals surface area contributed by atoms with Crippen LogP contribution >= 0.6 is 0 Å². The van der Waals surface area contributed by atoms with Gasteiger partial charge in [-0.3, -0.25) is 14.4 Å². The molecule has 1 fully saturated rings. The van der Waals surface area contributed by atoms with E-state index in [2.05, 4.69) is 15.0 Å². The molecule has 0 spiro atoms. The summed E-state index contributed by atoms with van der Waals surface area (Å²) in [6.07, 6.45) is 10.9. The van der Waals surface area contributed by atoms with Crippen molar-refractivity contribution in [3.8, 4) is 0 Å². The lowest BCUT2D eigenvalue weighted by atomic mass is 9.82. The molecule has 1 saturated carbocycles. The summed E-state index contributed by atoms with van der Waals surface area (Å²) < 4.78 is 14.1. The quantitative estimate of drug-likeness (QED) is 0.0619. The molecule has 62 heavy (non-hydrogen) atoms. The van der Waals surface area contributed by atoms with Gasteiger partial charge in [0.1, 0.15) is 37.5 Å². The third-order valence-corrected chi connectivity index (χ3v) is 11.5. The molecule has 3 amide bonds. The van der Waals surface area contributed by atoms with Gasteiger partial charge in [-0.05, 0) is 34.4 Å². The number of hydrogen-bond donors (Lipinski definition) is 3. The van der Waals surface area contributed by atoms with Crippen LogP contribution < -0.4 is 5.73 Å². The number of nitrogens with two attached hydrogens (primary N) is 1. The fraction of sp³-hybridized carbons (Fsp3) is 0.449. The van der Waals surface area contributed by atoms with Gasteiger partial charge in [-0.2, -0.15) is 0 Å². The van der Waals surface area contributed by atoms with Crippen LogP contribution in [0.15, 0.2) is 116 Å². The lowest BCUT2D eigenvalue weighted by molar-refractivity contribution is -0.160. The van der Waals surface area contributed by atoms with Gasteiger partial charge in [-0.1, -0.05) is 144 Å². The Morgan fingerprint density at radius 3 is 2.05 bits per heavy atom. The highest BCUT2D eigenvalue weighted by molar-refractivity contribution is 5.92. The van der Waals surface area contributed by atoms with E-state index in [9.17, 15) is 9.90 Å². The van der Waals surface area contributed by atoms with Crippen LogP contribution in [0.25, 0.3) is 0 Å². The second-order valence-corrected chi connectivity index (χ2v) is 17.7. The monoisotopic (exact) mass is 845 g/mol. The molecule has 0 bridgehead atoms. The molecular formula is C49H63N7O6. The molecule has 0 aliphatic heterocycles. The van der Waals surface area contributed by atoms with Crippen LogP contribution in [0.5, 0.6) is 0 Å². The fourth-order valence-electron chi connectivity index (χ4n) is 8.44. The van der Waals surface area contributed by atoms with Gasteiger partial charge in [0, 0.05) is 43.5 Å². The topological polar surface area (TPSA) is 169 Å². The first-order valence-corrected chi connectivity index (χ1v) is 21.8. The Kier molecular flexibility index (Phi) is 16.6. The molecule has 0 radical (unpaired) electrons. The smallest absolute Gasteiger partial charge is 0.248 e. The average molecular weight is 846 g/mol. The number of rotatable bonds is 22. The number of aromatic nitrogens is 4. The number of benzene rings is 3. The molecule has 2 heterocycles. The molecule has 330 valence electrons. The number of amides is 3. The van der Waals surface area contributed by atoms with Crippen molar-refractivity contribution in [2.75, 3.05) is 6.73 Å². The zero-order valence-corrected chi connectivity index (χ0v) is 36.4. The Balaban J connectivity index is 1.45. The van der Waals surface area contributed by atoms with Crippen LogP contribution in [0.3, 0.4) is 0 Å². The number of aliphatic hydroxyl groups is 1. The Morgan fingerprint density at radius 2 is 1.47 bits per heavy atom. The molecular weight excluding hydrogens is 783 g/mol. The molecule has 6 rings (SSSR count). The predicted molar refractivity (Wildman–Crippen MR) is 236 cm³/mol. The van der Waals surface area contributed by atoms with Crippen molar-refractivity contribution in [3.05, 3.63) is 144 Å². The van der Waals surface area contributed by atoms with E-state index in [1.807, 2.05) is 112 Å². The van der Waals surface area contributed by atoms with Gasteiger partial charge in [0.05, 0.1) is 25.6 Å². The van der Waals surface area contributed by atoms with Gasteiger partial charge < -0.3 is 39.7 Å². The first-order valence-electron chi connectivity index (χ1n) is 21.8. The second kappa shape index (κ2) is 22.5. The van der Waals surface area contributed by atoms with E-state index in [-0.39, 0.29) is 51.2 Å². The number of H-pyrrole nitrogens is 1. The minimum Gasteiger partial charge on any atom is -0.383 e. The number of primary amides is 1. The maximum Gasteiger partial charge on any atom is 0.248 e. The molecule has 0 unspecified atom stereocenters. The van der Waals surface area contributed by atoms with Crippen molar-refractivity contribution >= 4 is 17.7 Å². The lowest BCUT2D eigenvalue weighted by Gasteiger charge is -2.44. The van der Waals surface area contributed by atoms with E-state index in [4.69, 9.17) is 15.2 Å². The minimum atomic E-state index is -1.30. The Labute approximate surface area is 365 Å². The van der Waals surface area contributed by atoms with Crippen molar-refractivity contribution < 1.29 is 29.0 Å². The molecule has 2 aromatic heterocycles. The van der Waals surface area contributed by atoms with Crippen LogP contribution in [0, 0.1) is 11.3 Å². The molecule has 13 heteroatoms. The normalized spacial score (nSPS) is 15.4. The highest BCUT2D eigenvalue weighted by atomic mass is 16.5. The third kappa shape index (κ3) is 13.2. The van der Waals surface area contributed by atoms with Crippen LogP contribution in [0.4, 0.5) is 0 Å². The second-order valence-electron chi connectivity index (χ2n) is 17.7. The van der Waals surface area contributed by atoms with Gasteiger partial charge >= 0.3 is 0 Å². The maximum atomic E-state index is 15.8. The first kappa shape index (κ1) is 45.9. The highest BCUT2D eigenvalue weighted by Gasteiger charge is 2.45. The van der Waals surface area contributed by atoms with Crippen LogP contribution in [0.2, 0.25) is 0 Å². The molecule has 5 aromatic rings. The number of imidazole rings is 2. The van der Waals surface area contributed by atoms with Crippen molar-refractivity contribution in [2.24, 2.45) is 17.1 Å². The first-order chi connectivity index (χ1) is 30.0. The lowest BCUT2D eigenvalue weighted by Crippen LogP contribution is -2.61. The summed E-state index contributed by atoms with van der Waals surface area (Å²) >= 11 is 0. The number of nitrogens with zero attached hydrogens (tertiary/aromatic N) is 5. The average Bonchev–Trinajstić information content (AvgIpc) is 3.97. The minimum absolute atomic E-state index is 0.0400. The molecule has 3 aromatic carbocycles. The molecule has 1 aliphatic rings. The molecule has 0 saturated heterocycles. The molecule has 13 nitrogen and oxygen atoms in total. The van der Waals surface area contributed by atoms with Gasteiger partial charge in [0.15, 0.2) is 0 Å². The van der Waals surface area contributed by atoms with Crippen LogP contribution in [0.1, 0.15) is 100 Å². The summed E-state index contributed by atoms with van der Waals surface area (Å²) in [5.41, 5.74) is 8.98.